The lowest BCUT2D eigenvalue weighted by molar-refractivity contribution is 0.0593. The molecule has 4 atom stereocenters. The van der Waals surface area contributed by atoms with Gasteiger partial charge in [-0.15, -0.1) is 0 Å². The van der Waals surface area contributed by atoms with Gasteiger partial charge < -0.3 is 10.5 Å². The zero-order chi connectivity index (χ0) is 12.4. The summed E-state index contributed by atoms with van der Waals surface area (Å²) >= 11 is 0. The third-order valence-corrected chi connectivity index (χ3v) is 3.53. The number of halogens is 1. The lowest BCUT2D eigenvalue weighted by Gasteiger charge is -2.37. The Hall–Kier alpha value is -1.09. The monoisotopic (exact) mass is 237 g/mol. The van der Waals surface area contributed by atoms with Crippen LogP contribution >= 0.6 is 0 Å². The number of nitrogens with two attached hydrogens (primary N) is 1. The second-order valence-electron chi connectivity index (χ2n) is 5.23. The summed E-state index contributed by atoms with van der Waals surface area (Å²) in [5.74, 6) is 0.994. The van der Waals surface area contributed by atoms with Crippen LogP contribution in [0.2, 0.25) is 0 Å². The van der Waals surface area contributed by atoms with Crippen molar-refractivity contribution in [2.45, 2.75) is 38.8 Å². The van der Waals surface area contributed by atoms with E-state index in [0.717, 1.165) is 12.8 Å². The summed E-state index contributed by atoms with van der Waals surface area (Å²) in [6.07, 6.45) is 1.96. The third-order valence-electron chi connectivity index (χ3n) is 3.53. The van der Waals surface area contributed by atoms with Crippen LogP contribution in [0, 0.1) is 17.7 Å². The third kappa shape index (κ3) is 2.78. The summed E-state index contributed by atoms with van der Waals surface area (Å²) < 4.78 is 19.3. The number of hydrogen-bond donors (Lipinski definition) is 1. The van der Waals surface area contributed by atoms with Gasteiger partial charge in [-0.25, -0.2) is 4.39 Å². The van der Waals surface area contributed by atoms with E-state index >= 15 is 0 Å². The molecule has 1 saturated carbocycles. The minimum absolute atomic E-state index is 0.00615. The first kappa shape index (κ1) is 12.4. The smallest absolute Gasteiger partial charge is 0.165 e. The van der Waals surface area contributed by atoms with Crippen LogP contribution < -0.4 is 10.5 Å². The predicted molar refractivity (Wildman–Crippen MR) is 66.4 cm³/mol. The summed E-state index contributed by atoms with van der Waals surface area (Å²) in [5, 5.41) is 0. The van der Waals surface area contributed by atoms with E-state index in [2.05, 4.69) is 13.8 Å². The van der Waals surface area contributed by atoms with Crippen LogP contribution in [0.1, 0.15) is 26.7 Å². The summed E-state index contributed by atoms with van der Waals surface area (Å²) in [7, 11) is 0. The van der Waals surface area contributed by atoms with Crippen LogP contribution in [0.25, 0.3) is 0 Å². The highest BCUT2D eigenvalue weighted by atomic mass is 19.1. The molecule has 1 aliphatic rings. The van der Waals surface area contributed by atoms with Crippen LogP contribution in [-0.2, 0) is 0 Å². The summed E-state index contributed by atoms with van der Waals surface area (Å²) in [4.78, 5) is 0. The highest BCUT2D eigenvalue weighted by Crippen LogP contribution is 2.31. The standard InChI is InChI=1S/C14H20FNO/c1-9-7-10(2)14(12(16)8-9)17-13-6-4-3-5-11(13)15/h3-6,9-10,12,14H,7-8,16H2,1-2H3. The summed E-state index contributed by atoms with van der Waals surface area (Å²) in [5.41, 5.74) is 6.11. The van der Waals surface area contributed by atoms with Crippen molar-refractivity contribution >= 4 is 0 Å². The first-order valence-electron chi connectivity index (χ1n) is 6.24. The summed E-state index contributed by atoms with van der Waals surface area (Å²) in [6, 6.07) is 6.51. The molecular formula is C14H20FNO. The molecule has 0 aromatic heterocycles. The van der Waals surface area contributed by atoms with Gasteiger partial charge in [-0.1, -0.05) is 26.0 Å². The van der Waals surface area contributed by atoms with Crippen molar-refractivity contribution in [1.82, 2.24) is 0 Å². The van der Waals surface area contributed by atoms with Crippen molar-refractivity contribution < 1.29 is 9.13 Å². The van der Waals surface area contributed by atoms with Gasteiger partial charge in [0, 0.05) is 6.04 Å². The lowest BCUT2D eigenvalue weighted by Crippen LogP contribution is -2.48. The van der Waals surface area contributed by atoms with Crippen molar-refractivity contribution in [2.24, 2.45) is 17.6 Å². The van der Waals surface area contributed by atoms with Gasteiger partial charge in [-0.2, -0.15) is 0 Å². The molecule has 1 aromatic carbocycles. The highest BCUT2D eigenvalue weighted by Gasteiger charge is 2.33. The maximum Gasteiger partial charge on any atom is 0.165 e. The molecule has 1 aromatic rings. The van der Waals surface area contributed by atoms with Crippen molar-refractivity contribution in [1.29, 1.82) is 0 Å². The van der Waals surface area contributed by atoms with E-state index in [0.29, 0.717) is 17.6 Å². The van der Waals surface area contributed by atoms with Gasteiger partial charge in [-0.05, 0) is 36.8 Å². The Morgan fingerprint density at radius 2 is 1.94 bits per heavy atom. The van der Waals surface area contributed by atoms with Crippen molar-refractivity contribution in [3.63, 3.8) is 0 Å². The average Bonchev–Trinajstić information content (AvgIpc) is 2.25. The SMILES string of the molecule is CC1CC(C)C(Oc2ccccc2F)C(N)C1. The van der Waals surface area contributed by atoms with Gasteiger partial charge in [0.15, 0.2) is 11.6 Å². The van der Waals surface area contributed by atoms with E-state index in [1.807, 2.05) is 0 Å². The topological polar surface area (TPSA) is 35.2 Å². The second-order valence-corrected chi connectivity index (χ2v) is 5.23. The number of benzene rings is 1. The quantitative estimate of drug-likeness (QED) is 0.858. The number of rotatable bonds is 2. The Labute approximate surface area is 102 Å². The van der Waals surface area contributed by atoms with Gasteiger partial charge >= 0.3 is 0 Å². The van der Waals surface area contributed by atoms with Gasteiger partial charge in [0.05, 0.1) is 0 Å². The fourth-order valence-electron chi connectivity index (χ4n) is 2.78. The van der Waals surface area contributed by atoms with E-state index < -0.39 is 0 Å². The largest absolute Gasteiger partial charge is 0.485 e. The molecule has 0 bridgehead atoms. The molecule has 1 aliphatic carbocycles. The average molecular weight is 237 g/mol. The van der Waals surface area contributed by atoms with E-state index in [1.165, 1.54) is 6.07 Å². The Morgan fingerprint density at radius 3 is 2.59 bits per heavy atom. The number of hydrogen-bond acceptors (Lipinski definition) is 2. The molecule has 17 heavy (non-hydrogen) atoms. The molecule has 0 saturated heterocycles. The van der Waals surface area contributed by atoms with Crippen LogP contribution in [0.15, 0.2) is 24.3 Å². The molecule has 0 spiro atoms. The molecule has 0 radical (unpaired) electrons. The van der Waals surface area contributed by atoms with Crippen molar-refractivity contribution in [3.05, 3.63) is 30.1 Å². The van der Waals surface area contributed by atoms with Crippen molar-refractivity contribution in [2.75, 3.05) is 0 Å². The molecule has 94 valence electrons. The predicted octanol–water partition coefficient (Wildman–Crippen LogP) is 2.97. The van der Waals surface area contributed by atoms with Gasteiger partial charge in [-0.3, -0.25) is 0 Å². The molecule has 3 heteroatoms. The van der Waals surface area contributed by atoms with Gasteiger partial charge in [0.2, 0.25) is 0 Å². The molecule has 0 heterocycles. The van der Waals surface area contributed by atoms with Gasteiger partial charge in [0.1, 0.15) is 6.10 Å². The van der Waals surface area contributed by atoms with Crippen LogP contribution in [0.5, 0.6) is 5.75 Å². The van der Waals surface area contributed by atoms with E-state index in [1.54, 1.807) is 18.2 Å². The van der Waals surface area contributed by atoms with Crippen LogP contribution in [0.4, 0.5) is 4.39 Å². The Morgan fingerprint density at radius 1 is 1.24 bits per heavy atom. The fraction of sp³-hybridized carbons (Fsp3) is 0.571. The minimum Gasteiger partial charge on any atom is -0.485 e. The molecule has 0 aliphatic heterocycles. The molecule has 2 nitrogen and oxygen atoms in total. The Kier molecular flexibility index (Phi) is 3.67. The normalized spacial score (nSPS) is 33.4. The molecule has 0 amide bonds. The van der Waals surface area contributed by atoms with Crippen LogP contribution in [0.3, 0.4) is 0 Å². The molecule has 2 rings (SSSR count). The first-order valence-corrected chi connectivity index (χ1v) is 6.24. The van der Waals surface area contributed by atoms with E-state index in [-0.39, 0.29) is 18.0 Å². The minimum atomic E-state index is -0.314. The molecular weight excluding hydrogens is 217 g/mol. The lowest BCUT2D eigenvalue weighted by atomic mass is 9.78. The Bertz CT molecular complexity index is 370. The molecule has 1 fully saturated rings. The maximum atomic E-state index is 13.5. The zero-order valence-corrected chi connectivity index (χ0v) is 10.4. The first-order chi connectivity index (χ1) is 8.08. The molecule has 4 unspecified atom stereocenters. The van der Waals surface area contributed by atoms with Gasteiger partial charge in [0.25, 0.3) is 0 Å². The number of para-hydroxylation sites is 1. The zero-order valence-electron chi connectivity index (χ0n) is 10.4. The summed E-state index contributed by atoms with van der Waals surface area (Å²) in [6.45, 7) is 4.33. The molecule has 2 N–H and O–H groups in total. The second kappa shape index (κ2) is 5.05. The van der Waals surface area contributed by atoms with Crippen molar-refractivity contribution in [3.8, 4) is 5.75 Å². The van der Waals surface area contributed by atoms with E-state index in [9.17, 15) is 4.39 Å². The Balaban J connectivity index is 2.10. The van der Waals surface area contributed by atoms with Crippen LogP contribution in [-0.4, -0.2) is 12.1 Å². The fourth-order valence-corrected chi connectivity index (χ4v) is 2.78. The maximum absolute atomic E-state index is 13.5. The highest BCUT2D eigenvalue weighted by molar-refractivity contribution is 5.24. The number of ether oxygens (including phenoxy) is 1. The van der Waals surface area contributed by atoms with E-state index in [4.69, 9.17) is 10.5 Å².